The van der Waals surface area contributed by atoms with Crippen LogP contribution in [0.25, 0.3) is 0 Å². The molecule has 1 aromatic carbocycles. The largest absolute Gasteiger partial charge is 0.495 e. The molecule has 0 spiro atoms. The number of carbonyl (C=O) groups is 2. The molecule has 0 saturated heterocycles. The van der Waals surface area contributed by atoms with Crippen molar-refractivity contribution in [1.29, 1.82) is 0 Å². The number of methoxy groups -OCH3 is 1. The Kier molecular flexibility index (Phi) is 6.05. The first-order valence-electron chi connectivity index (χ1n) is 6.90. The smallest absolute Gasteiger partial charge is 0.306 e. The van der Waals surface area contributed by atoms with Crippen molar-refractivity contribution in [3.63, 3.8) is 0 Å². The average Bonchev–Trinajstić information content (AvgIpc) is 3.04. The summed E-state index contributed by atoms with van der Waals surface area (Å²) in [4.78, 5) is 23.3. The third kappa shape index (κ3) is 5.34. The van der Waals surface area contributed by atoms with Gasteiger partial charge in [0.25, 0.3) is 5.91 Å². The van der Waals surface area contributed by atoms with Gasteiger partial charge in [-0.1, -0.05) is 11.6 Å². The van der Waals surface area contributed by atoms with Gasteiger partial charge in [-0.2, -0.15) is 0 Å². The summed E-state index contributed by atoms with van der Waals surface area (Å²) < 4.78 is 15.0. The lowest BCUT2D eigenvalue weighted by Gasteiger charge is -2.08. The SMILES string of the molecule is COc1ccc(NC(=O)COC(=O)CCc2ccco2)cc1Cl. The van der Waals surface area contributed by atoms with E-state index in [9.17, 15) is 9.59 Å². The average molecular weight is 338 g/mol. The van der Waals surface area contributed by atoms with E-state index in [1.165, 1.54) is 13.4 Å². The van der Waals surface area contributed by atoms with E-state index in [-0.39, 0.29) is 13.0 Å². The predicted molar refractivity (Wildman–Crippen MR) is 84.6 cm³/mol. The van der Waals surface area contributed by atoms with Crippen molar-refractivity contribution in [3.8, 4) is 5.75 Å². The Morgan fingerprint density at radius 2 is 2.13 bits per heavy atom. The van der Waals surface area contributed by atoms with E-state index in [2.05, 4.69) is 5.32 Å². The van der Waals surface area contributed by atoms with Crippen LogP contribution in [0.3, 0.4) is 0 Å². The van der Waals surface area contributed by atoms with Gasteiger partial charge in [-0.25, -0.2) is 0 Å². The minimum absolute atomic E-state index is 0.148. The number of esters is 1. The Bertz CT molecular complexity index is 669. The molecule has 0 fully saturated rings. The molecule has 2 aromatic rings. The fourth-order valence-corrected chi connectivity index (χ4v) is 2.10. The van der Waals surface area contributed by atoms with Crippen LogP contribution < -0.4 is 10.1 Å². The van der Waals surface area contributed by atoms with Crippen molar-refractivity contribution < 1.29 is 23.5 Å². The number of furan rings is 1. The topological polar surface area (TPSA) is 77.8 Å². The summed E-state index contributed by atoms with van der Waals surface area (Å²) >= 11 is 5.96. The van der Waals surface area contributed by atoms with Gasteiger partial charge in [-0.3, -0.25) is 9.59 Å². The maximum atomic E-state index is 11.7. The maximum absolute atomic E-state index is 11.7. The van der Waals surface area contributed by atoms with E-state index in [1.54, 1.807) is 30.3 Å². The minimum Gasteiger partial charge on any atom is -0.495 e. The van der Waals surface area contributed by atoms with Crippen molar-refractivity contribution in [2.45, 2.75) is 12.8 Å². The molecule has 0 aliphatic carbocycles. The number of ether oxygens (including phenoxy) is 2. The molecule has 2 rings (SSSR count). The van der Waals surface area contributed by atoms with Crippen LogP contribution in [-0.2, 0) is 20.7 Å². The van der Waals surface area contributed by atoms with Gasteiger partial charge in [0.15, 0.2) is 6.61 Å². The van der Waals surface area contributed by atoms with Crippen LogP contribution in [0.5, 0.6) is 5.75 Å². The molecule has 0 aliphatic rings. The fourth-order valence-electron chi connectivity index (χ4n) is 1.84. The van der Waals surface area contributed by atoms with Crippen LogP contribution in [0.15, 0.2) is 41.0 Å². The molecule has 6 nitrogen and oxygen atoms in total. The van der Waals surface area contributed by atoms with E-state index in [0.717, 1.165) is 0 Å². The van der Waals surface area contributed by atoms with Gasteiger partial charge in [-0.05, 0) is 30.3 Å². The fraction of sp³-hybridized carbons (Fsp3) is 0.250. The minimum atomic E-state index is -0.468. The Morgan fingerprint density at radius 3 is 2.78 bits per heavy atom. The van der Waals surface area contributed by atoms with Crippen LogP contribution in [0, 0.1) is 0 Å². The first kappa shape index (κ1) is 16.9. The first-order chi connectivity index (χ1) is 11.1. The monoisotopic (exact) mass is 337 g/mol. The maximum Gasteiger partial charge on any atom is 0.306 e. The van der Waals surface area contributed by atoms with Gasteiger partial charge in [0.05, 0.1) is 24.8 Å². The first-order valence-corrected chi connectivity index (χ1v) is 7.27. The zero-order valence-electron chi connectivity index (χ0n) is 12.5. The van der Waals surface area contributed by atoms with E-state index in [4.69, 9.17) is 25.5 Å². The van der Waals surface area contributed by atoms with Crippen molar-refractivity contribution in [3.05, 3.63) is 47.4 Å². The lowest BCUT2D eigenvalue weighted by molar-refractivity contribution is -0.147. The molecule has 1 aromatic heterocycles. The Hall–Kier alpha value is -2.47. The molecule has 7 heteroatoms. The molecule has 0 unspecified atom stereocenters. The summed E-state index contributed by atoms with van der Waals surface area (Å²) in [5.74, 6) is 0.287. The van der Waals surface area contributed by atoms with E-state index in [0.29, 0.717) is 28.6 Å². The Labute approximate surface area is 138 Å². The van der Waals surface area contributed by atoms with Gasteiger partial charge in [-0.15, -0.1) is 0 Å². The number of nitrogens with one attached hydrogen (secondary N) is 1. The highest BCUT2D eigenvalue weighted by Gasteiger charge is 2.10. The number of rotatable bonds is 7. The van der Waals surface area contributed by atoms with Crippen LogP contribution in [0.4, 0.5) is 5.69 Å². The van der Waals surface area contributed by atoms with Gasteiger partial charge in [0.2, 0.25) is 0 Å². The quantitative estimate of drug-likeness (QED) is 0.786. The number of anilines is 1. The summed E-state index contributed by atoms with van der Waals surface area (Å²) in [6.07, 6.45) is 2.12. The van der Waals surface area contributed by atoms with E-state index in [1.807, 2.05) is 0 Å². The normalized spacial score (nSPS) is 10.2. The molecule has 122 valence electrons. The van der Waals surface area contributed by atoms with Crippen LogP contribution >= 0.6 is 11.6 Å². The zero-order valence-corrected chi connectivity index (χ0v) is 13.3. The molecule has 0 saturated carbocycles. The summed E-state index contributed by atoms with van der Waals surface area (Å²) in [6, 6.07) is 8.34. The second kappa shape index (κ2) is 8.24. The van der Waals surface area contributed by atoms with E-state index >= 15 is 0 Å². The highest BCUT2D eigenvalue weighted by molar-refractivity contribution is 6.32. The third-order valence-electron chi connectivity index (χ3n) is 2.96. The standard InChI is InChI=1S/C16H16ClNO5/c1-21-14-6-4-11(9-13(14)17)18-15(19)10-23-16(20)7-5-12-3-2-8-22-12/h2-4,6,8-9H,5,7,10H2,1H3,(H,18,19). The van der Waals surface area contributed by atoms with Gasteiger partial charge in [0.1, 0.15) is 11.5 Å². The number of benzene rings is 1. The highest BCUT2D eigenvalue weighted by atomic mass is 35.5. The number of amides is 1. The van der Waals surface area contributed by atoms with Gasteiger partial charge in [0, 0.05) is 12.1 Å². The van der Waals surface area contributed by atoms with Crippen LogP contribution in [0.2, 0.25) is 5.02 Å². The third-order valence-corrected chi connectivity index (χ3v) is 3.25. The molecule has 1 N–H and O–H groups in total. The Balaban J connectivity index is 1.74. The molecule has 1 amide bonds. The number of hydrogen-bond donors (Lipinski definition) is 1. The number of carbonyl (C=O) groups excluding carboxylic acids is 2. The van der Waals surface area contributed by atoms with Crippen molar-refractivity contribution >= 4 is 29.2 Å². The summed E-state index contributed by atoms with van der Waals surface area (Å²) in [5, 5.41) is 2.96. The van der Waals surface area contributed by atoms with Crippen molar-refractivity contribution in [1.82, 2.24) is 0 Å². The van der Waals surface area contributed by atoms with Crippen molar-refractivity contribution in [2.24, 2.45) is 0 Å². The Morgan fingerprint density at radius 1 is 1.30 bits per heavy atom. The summed E-state index contributed by atoms with van der Waals surface area (Å²) in [5.41, 5.74) is 0.493. The van der Waals surface area contributed by atoms with Crippen LogP contribution in [0.1, 0.15) is 12.2 Å². The van der Waals surface area contributed by atoms with Gasteiger partial charge >= 0.3 is 5.97 Å². The lowest BCUT2D eigenvalue weighted by Crippen LogP contribution is -2.21. The number of hydrogen-bond acceptors (Lipinski definition) is 5. The summed E-state index contributed by atoms with van der Waals surface area (Å²) in [6.45, 7) is -0.360. The lowest BCUT2D eigenvalue weighted by atomic mass is 10.2. The molecule has 0 bridgehead atoms. The van der Waals surface area contributed by atoms with Crippen LogP contribution in [-0.4, -0.2) is 25.6 Å². The van der Waals surface area contributed by atoms with E-state index < -0.39 is 11.9 Å². The number of halogens is 1. The molecule has 0 aliphatic heterocycles. The molecular formula is C16H16ClNO5. The molecule has 1 heterocycles. The predicted octanol–water partition coefficient (Wildman–Crippen LogP) is 3.06. The van der Waals surface area contributed by atoms with Crippen molar-refractivity contribution in [2.75, 3.05) is 19.0 Å². The highest BCUT2D eigenvalue weighted by Crippen LogP contribution is 2.27. The molecule has 0 atom stereocenters. The second-order valence-corrected chi connectivity index (χ2v) is 5.04. The zero-order chi connectivity index (χ0) is 16.7. The molecule has 0 radical (unpaired) electrons. The molecule has 23 heavy (non-hydrogen) atoms. The molecular weight excluding hydrogens is 322 g/mol. The van der Waals surface area contributed by atoms with Gasteiger partial charge < -0.3 is 19.2 Å². The number of aryl methyl sites for hydroxylation is 1. The summed E-state index contributed by atoms with van der Waals surface area (Å²) in [7, 11) is 1.50. The second-order valence-electron chi connectivity index (χ2n) is 4.64.